The van der Waals surface area contributed by atoms with Crippen LogP contribution in [0, 0.1) is 0 Å². The smallest absolute Gasteiger partial charge is 0.412 e. The van der Waals surface area contributed by atoms with Gasteiger partial charge in [-0.05, 0) is 44.4 Å². The van der Waals surface area contributed by atoms with Crippen LogP contribution in [0.15, 0.2) is 18.2 Å². The number of methoxy groups -OCH3 is 1. The van der Waals surface area contributed by atoms with E-state index in [1.807, 2.05) is 0 Å². The SMILES string of the molecule is COC(=O)C(O)c1ccc(CCC(=O)O)c(NC(=O)OC(C)(C)C)c1. The van der Waals surface area contributed by atoms with E-state index in [2.05, 4.69) is 10.1 Å². The number of carbonyl (C=O) groups excluding carboxylic acids is 2. The Morgan fingerprint density at radius 3 is 2.40 bits per heavy atom. The summed E-state index contributed by atoms with van der Waals surface area (Å²) in [5, 5.41) is 21.3. The van der Waals surface area contributed by atoms with Crippen LogP contribution in [0.5, 0.6) is 0 Å². The number of aliphatic hydroxyl groups is 1. The van der Waals surface area contributed by atoms with Crippen molar-refractivity contribution < 1.29 is 34.1 Å². The summed E-state index contributed by atoms with van der Waals surface area (Å²) in [5.74, 6) is -1.83. The van der Waals surface area contributed by atoms with E-state index in [4.69, 9.17) is 9.84 Å². The van der Waals surface area contributed by atoms with Gasteiger partial charge in [-0.15, -0.1) is 0 Å². The number of esters is 1. The largest absolute Gasteiger partial charge is 0.481 e. The Labute approximate surface area is 145 Å². The fraction of sp³-hybridized carbons (Fsp3) is 0.471. The molecule has 0 aromatic heterocycles. The van der Waals surface area contributed by atoms with Crippen molar-refractivity contribution in [2.75, 3.05) is 12.4 Å². The molecule has 1 amide bonds. The van der Waals surface area contributed by atoms with Crippen LogP contribution < -0.4 is 5.32 Å². The second-order valence-electron chi connectivity index (χ2n) is 6.36. The van der Waals surface area contributed by atoms with Crippen molar-refractivity contribution in [3.05, 3.63) is 29.3 Å². The van der Waals surface area contributed by atoms with Gasteiger partial charge in [-0.2, -0.15) is 0 Å². The molecule has 1 atom stereocenters. The number of amides is 1. The molecule has 0 spiro atoms. The van der Waals surface area contributed by atoms with Crippen LogP contribution in [0.4, 0.5) is 10.5 Å². The monoisotopic (exact) mass is 353 g/mol. The highest BCUT2D eigenvalue weighted by molar-refractivity contribution is 5.87. The number of aliphatic carboxylic acids is 1. The molecule has 0 aliphatic heterocycles. The number of aliphatic hydroxyl groups excluding tert-OH is 1. The lowest BCUT2D eigenvalue weighted by molar-refractivity contribution is -0.150. The Morgan fingerprint density at radius 1 is 1.24 bits per heavy atom. The maximum absolute atomic E-state index is 12.0. The topological polar surface area (TPSA) is 122 Å². The number of ether oxygens (including phenoxy) is 2. The van der Waals surface area contributed by atoms with Crippen LogP contribution >= 0.6 is 0 Å². The van der Waals surface area contributed by atoms with E-state index in [9.17, 15) is 19.5 Å². The van der Waals surface area contributed by atoms with Gasteiger partial charge < -0.3 is 19.7 Å². The molecule has 0 heterocycles. The highest BCUT2D eigenvalue weighted by atomic mass is 16.6. The van der Waals surface area contributed by atoms with Gasteiger partial charge in [0.15, 0.2) is 6.10 Å². The Morgan fingerprint density at radius 2 is 1.88 bits per heavy atom. The summed E-state index contributed by atoms with van der Waals surface area (Å²) in [6, 6.07) is 4.40. The molecule has 0 aliphatic carbocycles. The third-order valence-electron chi connectivity index (χ3n) is 3.12. The van der Waals surface area contributed by atoms with Crippen molar-refractivity contribution in [1.82, 2.24) is 0 Å². The van der Waals surface area contributed by atoms with Gasteiger partial charge in [-0.3, -0.25) is 10.1 Å². The third kappa shape index (κ3) is 6.80. The average molecular weight is 353 g/mol. The van der Waals surface area contributed by atoms with E-state index in [-0.39, 0.29) is 24.1 Å². The number of hydrogen-bond donors (Lipinski definition) is 3. The molecule has 138 valence electrons. The van der Waals surface area contributed by atoms with Crippen LogP contribution in [0.2, 0.25) is 0 Å². The molecule has 0 radical (unpaired) electrons. The minimum Gasteiger partial charge on any atom is -0.481 e. The van der Waals surface area contributed by atoms with Crippen molar-refractivity contribution in [2.24, 2.45) is 0 Å². The summed E-state index contributed by atoms with van der Waals surface area (Å²) >= 11 is 0. The van der Waals surface area contributed by atoms with Gasteiger partial charge in [0, 0.05) is 12.1 Å². The maximum Gasteiger partial charge on any atom is 0.412 e. The van der Waals surface area contributed by atoms with E-state index in [1.165, 1.54) is 18.2 Å². The molecule has 3 N–H and O–H groups in total. The number of carboxylic acid groups (broad SMARTS) is 1. The summed E-state index contributed by atoms with van der Waals surface area (Å²) in [6.45, 7) is 5.11. The molecule has 0 saturated heterocycles. The predicted molar refractivity (Wildman–Crippen MR) is 89.2 cm³/mol. The minimum atomic E-state index is -1.52. The van der Waals surface area contributed by atoms with Crippen molar-refractivity contribution in [3.63, 3.8) is 0 Å². The van der Waals surface area contributed by atoms with Crippen LogP contribution in [-0.2, 0) is 25.5 Å². The van der Waals surface area contributed by atoms with E-state index in [0.29, 0.717) is 5.56 Å². The molecule has 1 aromatic rings. The average Bonchev–Trinajstić information content (AvgIpc) is 2.50. The molecule has 1 rings (SSSR count). The minimum absolute atomic E-state index is 0.137. The summed E-state index contributed by atoms with van der Waals surface area (Å²) in [4.78, 5) is 34.2. The van der Waals surface area contributed by atoms with Gasteiger partial charge in [0.05, 0.1) is 7.11 Å². The summed E-state index contributed by atoms with van der Waals surface area (Å²) in [6.07, 6.45) is -2.22. The highest BCUT2D eigenvalue weighted by Gasteiger charge is 2.21. The Kier molecular flexibility index (Phi) is 6.93. The number of nitrogens with one attached hydrogen (secondary N) is 1. The first kappa shape index (κ1) is 20.4. The van der Waals surface area contributed by atoms with Crippen LogP contribution in [-0.4, -0.2) is 41.0 Å². The van der Waals surface area contributed by atoms with Gasteiger partial charge in [0.25, 0.3) is 0 Å². The predicted octanol–water partition coefficient (Wildman–Crippen LogP) is 2.26. The molecule has 0 fully saturated rings. The Hall–Kier alpha value is -2.61. The number of carboxylic acids is 1. The zero-order valence-corrected chi connectivity index (χ0v) is 14.7. The van der Waals surface area contributed by atoms with Crippen LogP contribution in [0.25, 0.3) is 0 Å². The van der Waals surface area contributed by atoms with Gasteiger partial charge >= 0.3 is 18.0 Å². The van der Waals surface area contributed by atoms with Crippen LogP contribution in [0.3, 0.4) is 0 Å². The van der Waals surface area contributed by atoms with E-state index >= 15 is 0 Å². The van der Waals surface area contributed by atoms with Crippen molar-refractivity contribution in [1.29, 1.82) is 0 Å². The fourth-order valence-electron chi connectivity index (χ4n) is 2.00. The van der Waals surface area contributed by atoms with E-state index in [0.717, 1.165) is 7.11 Å². The van der Waals surface area contributed by atoms with Crippen molar-refractivity contribution >= 4 is 23.7 Å². The number of benzene rings is 1. The standard InChI is InChI=1S/C17H23NO7/c1-17(2,3)25-16(23)18-12-9-11(14(21)15(22)24-4)6-5-10(12)7-8-13(19)20/h5-6,9,14,21H,7-8H2,1-4H3,(H,18,23)(H,19,20). The van der Waals surface area contributed by atoms with E-state index < -0.39 is 29.7 Å². The molecule has 8 heteroatoms. The van der Waals surface area contributed by atoms with Crippen molar-refractivity contribution in [2.45, 2.75) is 45.3 Å². The molecular weight excluding hydrogens is 330 g/mol. The molecular formula is C17H23NO7. The molecule has 25 heavy (non-hydrogen) atoms. The molecule has 0 bridgehead atoms. The summed E-state index contributed by atoms with van der Waals surface area (Å²) in [5.41, 5.74) is 0.288. The molecule has 0 saturated carbocycles. The third-order valence-corrected chi connectivity index (χ3v) is 3.12. The molecule has 1 unspecified atom stereocenters. The summed E-state index contributed by atoms with van der Waals surface area (Å²) in [7, 11) is 1.15. The van der Waals surface area contributed by atoms with Crippen LogP contribution in [0.1, 0.15) is 44.4 Å². The number of aryl methyl sites for hydroxylation is 1. The zero-order valence-electron chi connectivity index (χ0n) is 14.7. The van der Waals surface area contributed by atoms with E-state index in [1.54, 1.807) is 20.8 Å². The lowest BCUT2D eigenvalue weighted by Crippen LogP contribution is -2.27. The van der Waals surface area contributed by atoms with Gasteiger partial charge in [-0.25, -0.2) is 9.59 Å². The molecule has 8 nitrogen and oxygen atoms in total. The number of hydrogen-bond acceptors (Lipinski definition) is 6. The Balaban J connectivity index is 3.10. The van der Waals surface area contributed by atoms with Gasteiger partial charge in [0.2, 0.25) is 0 Å². The van der Waals surface area contributed by atoms with Crippen molar-refractivity contribution in [3.8, 4) is 0 Å². The second-order valence-corrected chi connectivity index (χ2v) is 6.36. The first-order valence-corrected chi connectivity index (χ1v) is 7.64. The normalized spacial score (nSPS) is 12.2. The van der Waals surface area contributed by atoms with Gasteiger partial charge in [0.1, 0.15) is 5.60 Å². The highest BCUT2D eigenvalue weighted by Crippen LogP contribution is 2.25. The zero-order chi connectivity index (χ0) is 19.2. The maximum atomic E-state index is 12.0. The fourth-order valence-corrected chi connectivity index (χ4v) is 2.00. The molecule has 1 aromatic carbocycles. The lowest BCUT2D eigenvalue weighted by atomic mass is 10.0. The lowest BCUT2D eigenvalue weighted by Gasteiger charge is -2.21. The Bertz CT molecular complexity index is 649. The first-order chi connectivity index (χ1) is 11.5. The summed E-state index contributed by atoms with van der Waals surface area (Å²) < 4.78 is 9.65. The molecule has 0 aliphatic rings. The quantitative estimate of drug-likeness (QED) is 0.670. The second kappa shape index (κ2) is 8.48. The number of anilines is 1. The van der Waals surface area contributed by atoms with Gasteiger partial charge in [-0.1, -0.05) is 12.1 Å². The number of rotatable bonds is 6. The number of carbonyl (C=O) groups is 3. The first-order valence-electron chi connectivity index (χ1n) is 7.64.